The van der Waals surface area contributed by atoms with E-state index in [4.69, 9.17) is 24.4 Å². The van der Waals surface area contributed by atoms with E-state index in [0.29, 0.717) is 13.1 Å². The monoisotopic (exact) mass is 452 g/mol. The Morgan fingerprint density at radius 3 is 1.32 bits per heavy atom. The largest absolute Gasteiger partial charge is 0.508 e. The normalized spacial score (nSPS) is 10.5. The maximum absolute atomic E-state index is 9.42. The number of thiocarbonyl (C=S) groups is 2. The minimum Gasteiger partial charge on any atom is -0.508 e. The lowest BCUT2D eigenvalue weighted by Gasteiger charge is -2.25. The summed E-state index contributed by atoms with van der Waals surface area (Å²) in [5, 5.41) is 18.8. The van der Waals surface area contributed by atoms with Crippen molar-refractivity contribution >= 4 is 54.7 Å². The summed E-state index contributed by atoms with van der Waals surface area (Å²) in [4.78, 5) is 4.22. The SMILES string of the molecule is CCN(Cc1ccc(O)cc1)C(=S)SSC(=S)N(CC)Cc1ccc(O)cc1. The molecule has 28 heavy (non-hydrogen) atoms. The summed E-state index contributed by atoms with van der Waals surface area (Å²) in [6.07, 6.45) is 0. The summed E-state index contributed by atoms with van der Waals surface area (Å²) in [6, 6.07) is 14.4. The zero-order chi connectivity index (χ0) is 20.5. The highest BCUT2D eigenvalue weighted by atomic mass is 33.1. The van der Waals surface area contributed by atoms with Crippen LogP contribution in [0.2, 0.25) is 0 Å². The van der Waals surface area contributed by atoms with Crippen LogP contribution in [0.4, 0.5) is 0 Å². The van der Waals surface area contributed by atoms with E-state index in [1.165, 1.54) is 21.6 Å². The molecular weight excluding hydrogens is 429 g/mol. The van der Waals surface area contributed by atoms with Crippen LogP contribution in [0.5, 0.6) is 11.5 Å². The molecule has 0 aliphatic rings. The predicted molar refractivity (Wildman–Crippen MR) is 129 cm³/mol. The van der Waals surface area contributed by atoms with Crippen molar-refractivity contribution in [1.82, 2.24) is 9.80 Å². The van der Waals surface area contributed by atoms with Gasteiger partial charge in [-0.3, -0.25) is 0 Å². The number of aromatic hydroxyl groups is 2. The van der Waals surface area contributed by atoms with Gasteiger partial charge in [-0.25, -0.2) is 0 Å². The Balaban J connectivity index is 1.88. The molecule has 0 radical (unpaired) electrons. The Hall–Kier alpha value is -1.48. The summed E-state index contributed by atoms with van der Waals surface area (Å²) >= 11 is 11.2. The highest BCUT2D eigenvalue weighted by Crippen LogP contribution is 2.30. The molecule has 0 unspecified atom stereocenters. The lowest BCUT2D eigenvalue weighted by atomic mass is 10.2. The predicted octanol–water partition coefficient (Wildman–Crippen LogP) is 5.39. The topological polar surface area (TPSA) is 46.9 Å². The molecule has 0 atom stereocenters. The minimum absolute atomic E-state index is 0.262. The van der Waals surface area contributed by atoms with Crippen molar-refractivity contribution in [2.45, 2.75) is 26.9 Å². The van der Waals surface area contributed by atoms with Gasteiger partial charge >= 0.3 is 0 Å². The second-order valence-electron chi connectivity index (χ2n) is 6.06. The van der Waals surface area contributed by atoms with Crippen LogP contribution in [-0.4, -0.2) is 41.7 Å². The Kier molecular flexibility index (Phi) is 9.37. The van der Waals surface area contributed by atoms with Crippen molar-refractivity contribution < 1.29 is 10.2 Å². The summed E-state index contributed by atoms with van der Waals surface area (Å²) in [6.45, 7) is 7.12. The molecule has 0 amide bonds. The van der Waals surface area contributed by atoms with E-state index < -0.39 is 0 Å². The molecule has 150 valence electrons. The number of rotatable bonds is 6. The third-order valence-corrected chi connectivity index (χ3v) is 7.82. The van der Waals surface area contributed by atoms with Gasteiger partial charge in [0.15, 0.2) is 0 Å². The summed E-state index contributed by atoms with van der Waals surface area (Å²) in [5.74, 6) is 0.524. The lowest BCUT2D eigenvalue weighted by molar-refractivity contribution is 0.448. The lowest BCUT2D eigenvalue weighted by Crippen LogP contribution is -2.28. The van der Waals surface area contributed by atoms with Gasteiger partial charge in [0, 0.05) is 26.2 Å². The molecule has 0 aromatic heterocycles. The van der Waals surface area contributed by atoms with Crippen LogP contribution in [0.15, 0.2) is 48.5 Å². The van der Waals surface area contributed by atoms with Gasteiger partial charge in [-0.15, -0.1) is 0 Å². The zero-order valence-corrected chi connectivity index (χ0v) is 19.1. The average Bonchev–Trinajstić information content (AvgIpc) is 2.70. The number of phenols is 2. The second kappa shape index (κ2) is 11.5. The second-order valence-corrected chi connectivity index (χ2v) is 9.46. The summed E-state index contributed by atoms with van der Waals surface area (Å²) in [7, 11) is 3.00. The number of phenolic OH excluding ortho intramolecular Hbond substituents is 2. The average molecular weight is 453 g/mol. The highest BCUT2D eigenvalue weighted by molar-refractivity contribution is 8.89. The quantitative estimate of drug-likeness (QED) is 0.447. The molecular formula is C20H24N2O2S4. The molecule has 0 fully saturated rings. The number of hydrogen-bond acceptors (Lipinski definition) is 6. The van der Waals surface area contributed by atoms with Gasteiger partial charge in [-0.05, 0) is 70.8 Å². The summed E-state index contributed by atoms with van der Waals surface area (Å²) < 4.78 is 1.56. The van der Waals surface area contributed by atoms with E-state index in [1.54, 1.807) is 24.3 Å². The van der Waals surface area contributed by atoms with Gasteiger partial charge in [0.05, 0.1) is 0 Å². The van der Waals surface area contributed by atoms with Gasteiger partial charge in [-0.1, -0.05) is 48.7 Å². The van der Waals surface area contributed by atoms with Gasteiger partial charge in [0.25, 0.3) is 0 Å². The molecule has 2 N–H and O–H groups in total. The van der Waals surface area contributed by atoms with E-state index in [9.17, 15) is 10.2 Å². The van der Waals surface area contributed by atoms with Gasteiger partial charge in [-0.2, -0.15) is 0 Å². The Bertz CT molecular complexity index is 714. The van der Waals surface area contributed by atoms with Crippen LogP contribution in [0.3, 0.4) is 0 Å². The molecule has 0 aliphatic heterocycles. The number of hydrogen-bond donors (Lipinski definition) is 2. The van der Waals surface area contributed by atoms with Crippen LogP contribution >= 0.6 is 46.0 Å². The molecule has 0 bridgehead atoms. The summed E-state index contributed by atoms with van der Waals surface area (Å²) in [5.41, 5.74) is 2.19. The minimum atomic E-state index is 0.262. The van der Waals surface area contributed by atoms with E-state index in [-0.39, 0.29) is 11.5 Å². The van der Waals surface area contributed by atoms with Crippen LogP contribution in [0.25, 0.3) is 0 Å². The van der Waals surface area contributed by atoms with Crippen molar-refractivity contribution in [2.75, 3.05) is 13.1 Å². The maximum Gasteiger partial charge on any atom is 0.147 e. The fourth-order valence-corrected chi connectivity index (χ4v) is 5.23. The molecule has 0 saturated carbocycles. The highest BCUT2D eigenvalue weighted by Gasteiger charge is 2.14. The van der Waals surface area contributed by atoms with Crippen molar-refractivity contribution in [1.29, 1.82) is 0 Å². The molecule has 0 spiro atoms. The van der Waals surface area contributed by atoms with E-state index in [0.717, 1.165) is 32.9 Å². The number of benzene rings is 2. The van der Waals surface area contributed by atoms with Crippen LogP contribution in [-0.2, 0) is 13.1 Å². The Morgan fingerprint density at radius 1 is 0.714 bits per heavy atom. The van der Waals surface area contributed by atoms with Crippen LogP contribution < -0.4 is 0 Å². The van der Waals surface area contributed by atoms with Crippen molar-refractivity contribution in [3.8, 4) is 11.5 Å². The Morgan fingerprint density at radius 2 is 1.04 bits per heavy atom. The zero-order valence-electron chi connectivity index (χ0n) is 15.9. The molecule has 0 heterocycles. The Labute approximate surface area is 185 Å². The van der Waals surface area contributed by atoms with E-state index in [1.807, 2.05) is 24.3 Å². The fraction of sp³-hybridized carbons (Fsp3) is 0.300. The van der Waals surface area contributed by atoms with Gasteiger partial charge in [0.2, 0.25) is 0 Å². The first-order valence-corrected chi connectivity index (χ1v) is 11.9. The first-order chi connectivity index (χ1) is 13.4. The van der Waals surface area contributed by atoms with Gasteiger partial charge in [0.1, 0.15) is 20.1 Å². The molecule has 4 nitrogen and oxygen atoms in total. The first-order valence-electron chi connectivity index (χ1n) is 8.91. The maximum atomic E-state index is 9.42. The number of nitrogens with zero attached hydrogens (tertiary/aromatic N) is 2. The first kappa shape index (κ1) is 22.8. The third-order valence-electron chi connectivity index (χ3n) is 4.08. The van der Waals surface area contributed by atoms with Crippen LogP contribution in [0.1, 0.15) is 25.0 Å². The molecule has 2 aromatic rings. The van der Waals surface area contributed by atoms with E-state index >= 15 is 0 Å². The molecule has 2 rings (SSSR count). The molecule has 0 saturated heterocycles. The standard InChI is InChI=1S/C20H24N2O2S4/c1-3-21(13-15-5-9-17(23)10-6-15)19(25)27-28-20(26)22(4-2)14-16-7-11-18(24)12-8-16/h5-12,23-24H,3-4,13-14H2,1-2H3. The molecule has 0 aliphatic carbocycles. The fourth-order valence-electron chi connectivity index (χ4n) is 2.43. The smallest absolute Gasteiger partial charge is 0.147 e. The van der Waals surface area contributed by atoms with Gasteiger partial charge < -0.3 is 20.0 Å². The molecule has 2 aromatic carbocycles. The third kappa shape index (κ3) is 7.16. The van der Waals surface area contributed by atoms with Crippen LogP contribution in [0, 0.1) is 0 Å². The van der Waals surface area contributed by atoms with Crippen molar-refractivity contribution in [3.63, 3.8) is 0 Å². The van der Waals surface area contributed by atoms with Crippen molar-refractivity contribution in [3.05, 3.63) is 59.7 Å². The van der Waals surface area contributed by atoms with Crippen molar-refractivity contribution in [2.24, 2.45) is 0 Å². The van der Waals surface area contributed by atoms with E-state index in [2.05, 4.69) is 23.6 Å². The molecule has 8 heteroatoms.